The third-order valence-electron chi connectivity index (χ3n) is 17.8. The quantitative estimate of drug-likeness (QED) is 0.104. The third kappa shape index (κ3) is 16.8. The normalized spacial score (nSPS) is 10.9. The van der Waals surface area contributed by atoms with Gasteiger partial charge >= 0.3 is 0 Å². The number of hydrogen-bond donors (Lipinski definition) is 0. The maximum atomic E-state index is 9.54. The molecule has 0 bridgehead atoms. The first-order chi connectivity index (χ1) is 45.9. The minimum absolute atomic E-state index is 0. The third-order valence-corrected chi connectivity index (χ3v) is 17.8. The van der Waals surface area contributed by atoms with E-state index in [1.54, 1.807) is 0 Å². The summed E-state index contributed by atoms with van der Waals surface area (Å²) in [7, 11) is 0. The summed E-state index contributed by atoms with van der Waals surface area (Å²) in [5.74, 6) is 6.04. The van der Waals surface area contributed by atoms with Crippen LogP contribution in [0.1, 0.15) is 174 Å². The van der Waals surface area contributed by atoms with Crippen molar-refractivity contribution in [2.24, 2.45) is 0 Å². The summed E-state index contributed by atoms with van der Waals surface area (Å²) >= 11 is 0. The molecule has 0 aliphatic rings. The Morgan fingerprint density at radius 1 is 0.364 bits per heavy atom. The smallest absolute Gasteiger partial charge is 0.137 e. The van der Waals surface area contributed by atoms with Gasteiger partial charge in [0.2, 0.25) is 0 Å². The molecule has 0 aliphatic carbocycles. The van der Waals surface area contributed by atoms with Crippen molar-refractivity contribution in [3.8, 4) is 96.7 Å². The molecule has 11 nitrogen and oxygen atoms in total. The summed E-state index contributed by atoms with van der Waals surface area (Å²) in [5, 5.41) is 33.2. The van der Waals surface area contributed by atoms with Crippen molar-refractivity contribution >= 4 is 0 Å². The summed E-state index contributed by atoms with van der Waals surface area (Å²) < 4.78 is 5.97. The number of nitriles is 2. The minimum Gasteiger partial charge on any atom is -0.262 e. The Morgan fingerprint density at radius 3 is 1.13 bits per heavy atom. The molecular formula is C85H86Ir3N11-3. The molecule has 0 fully saturated rings. The van der Waals surface area contributed by atoms with Crippen LogP contribution in [0.4, 0.5) is 0 Å². The van der Waals surface area contributed by atoms with Gasteiger partial charge < -0.3 is 0 Å². The summed E-state index contributed by atoms with van der Waals surface area (Å²) in [6.45, 7) is 40.4. The molecule has 3 radical (unpaired) electrons. The number of benzene rings is 9. The molecule has 0 aliphatic heterocycles. The van der Waals surface area contributed by atoms with Gasteiger partial charge in [-0.1, -0.05) is 140 Å². The van der Waals surface area contributed by atoms with E-state index in [0.29, 0.717) is 40.6 Å². The van der Waals surface area contributed by atoms with E-state index >= 15 is 0 Å². The van der Waals surface area contributed by atoms with Gasteiger partial charge in [-0.15, -0.1) is 106 Å². The Balaban J connectivity index is 0.000000206. The van der Waals surface area contributed by atoms with Crippen LogP contribution in [0.25, 0.3) is 84.6 Å². The fourth-order valence-electron chi connectivity index (χ4n) is 13.2. The number of hydrogen-bond acceptors (Lipinski definition) is 8. The zero-order chi connectivity index (χ0) is 69.0. The summed E-state index contributed by atoms with van der Waals surface area (Å²) in [5.41, 5.74) is 28.4. The van der Waals surface area contributed by atoms with Crippen molar-refractivity contribution in [3.05, 3.63) is 265 Å². The van der Waals surface area contributed by atoms with Crippen LogP contribution in [0.2, 0.25) is 0 Å². The van der Waals surface area contributed by atoms with Crippen LogP contribution in [0.15, 0.2) is 152 Å². The van der Waals surface area contributed by atoms with Gasteiger partial charge in [0.05, 0.1) is 57.8 Å². The van der Waals surface area contributed by atoms with Gasteiger partial charge in [0.1, 0.15) is 17.5 Å². The molecule has 0 atom stereocenters. The molecule has 0 spiro atoms. The summed E-state index contributed by atoms with van der Waals surface area (Å²) in [4.78, 5) is 14.4. The average molecular weight is 1840 g/mol. The monoisotopic (exact) mass is 1840 g/mol. The van der Waals surface area contributed by atoms with Gasteiger partial charge in [0.25, 0.3) is 0 Å². The number of rotatable bonds is 13. The van der Waals surface area contributed by atoms with E-state index in [9.17, 15) is 10.5 Å². The molecule has 12 rings (SSSR count). The molecule has 3 aromatic heterocycles. The van der Waals surface area contributed by atoms with Gasteiger partial charge in [-0.05, 0) is 196 Å². The maximum Gasteiger partial charge on any atom is 0.137 e. The van der Waals surface area contributed by atoms with Crippen molar-refractivity contribution < 1.29 is 60.3 Å². The largest absolute Gasteiger partial charge is 0.262 e. The number of aryl methyl sites for hydroxylation is 10. The van der Waals surface area contributed by atoms with Crippen molar-refractivity contribution in [2.75, 3.05) is 0 Å². The second-order valence-electron chi connectivity index (χ2n) is 26.5. The van der Waals surface area contributed by atoms with Gasteiger partial charge in [-0.25, -0.2) is 0 Å². The Morgan fingerprint density at radius 2 is 0.727 bits per heavy atom. The van der Waals surface area contributed by atoms with E-state index in [4.69, 9.17) is 30.2 Å². The van der Waals surface area contributed by atoms with Crippen molar-refractivity contribution in [3.63, 3.8) is 0 Å². The molecule has 0 saturated carbocycles. The Labute approximate surface area is 627 Å². The van der Waals surface area contributed by atoms with Gasteiger partial charge in [0.15, 0.2) is 0 Å². The first-order valence-electron chi connectivity index (χ1n) is 33.2. The van der Waals surface area contributed by atoms with Crippen molar-refractivity contribution in [1.29, 1.82) is 10.5 Å². The summed E-state index contributed by atoms with van der Waals surface area (Å²) in [6, 6.07) is 66.7. The molecule has 0 saturated heterocycles. The van der Waals surface area contributed by atoms with E-state index in [2.05, 4.69) is 231 Å². The fourth-order valence-corrected chi connectivity index (χ4v) is 13.2. The second-order valence-corrected chi connectivity index (χ2v) is 26.5. The SMILES string of the molecule is Cc1cc(C)c(-n2nc(C)nc2-c2[c-]ccc(-c3cc(C#N)ccc3C)c2)c(C)c1.Cc1nc(-c2[c-]ccc(-c3c(C)ccc(C#N)c3C)c2)n(-c2c(C(C)C)cccc2C(C)C)n1.Cc1nc(-c2[c-]ccc(-c3c(C)cccc3C)c2)n(-c2c(C(C)C)cccc2C(C)C)n1.[Ir].[Ir].[Ir]. The second kappa shape index (κ2) is 33.5. The van der Waals surface area contributed by atoms with Crippen LogP contribution in [0.3, 0.4) is 0 Å². The number of nitrogens with zero attached hydrogens (tertiary/aromatic N) is 11. The Kier molecular flexibility index (Phi) is 26.3. The van der Waals surface area contributed by atoms with Crippen LogP contribution in [-0.4, -0.2) is 44.3 Å². The van der Waals surface area contributed by atoms with E-state index in [1.807, 2.05) is 96.3 Å². The molecule has 12 aromatic rings. The molecule has 0 unspecified atom stereocenters. The standard InChI is InChI=1S/C30H31N4.C29H32N3.C26H23N4.3Ir/c1-18(2)26-12-9-13-27(19(3)4)29(26)34-30(32-22(7)33-34)24-11-8-10-23(16-24)28-20(5)14-15-25(17-31)21(28)6;1-18(2)25-15-10-16-26(19(3)4)28(25)32-29(30-22(7)31-32)24-14-9-13-23(17-24)27-20(5)11-8-12-21(27)6;1-16-11-18(3)25(19(4)12-16)30-26(28-20(5)29-30)23-8-6-7-22(14-23)24-13-21(15-27)10-9-17(24)2;;;/h8-10,12-16,18-19H,1-7H3;8-13,15-19H,1-7H3;6-7,9-14H,1-5H3;;;/q3*-1;;;. The zero-order valence-electron chi connectivity index (χ0n) is 60.2. The van der Waals surface area contributed by atoms with E-state index in [1.165, 1.54) is 50.1 Å². The van der Waals surface area contributed by atoms with E-state index in [-0.39, 0.29) is 60.3 Å². The van der Waals surface area contributed by atoms with Crippen LogP contribution in [-0.2, 0) is 60.3 Å². The van der Waals surface area contributed by atoms with Crippen LogP contribution >= 0.6 is 0 Å². The topological polar surface area (TPSA) is 140 Å². The van der Waals surface area contributed by atoms with E-state index < -0.39 is 0 Å². The molecule has 14 heteroatoms. The van der Waals surface area contributed by atoms with Crippen LogP contribution < -0.4 is 0 Å². The molecule has 511 valence electrons. The van der Waals surface area contributed by atoms with Crippen molar-refractivity contribution in [1.82, 2.24) is 44.3 Å². The Bertz CT molecular complexity index is 4870. The fraction of sp³-hybridized carbons (Fsp3) is 0.271. The predicted molar refractivity (Wildman–Crippen MR) is 391 cm³/mol. The average Bonchev–Trinajstić information content (AvgIpc) is 1.70. The molecule has 3 heterocycles. The van der Waals surface area contributed by atoms with Gasteiger partial charge in [-0.3, -0.25) is 29.0 Å². The minimum atomic E-state index is 0. The summed E-state index contributed by atoms with van der Waals surface area (Å²) in [6.07, 6.45) is 0. The Hall–Kier alpha value is -8.67. The molecule has 0 N–H and O–H groups in total. The predicted octanol–water partition coefficient (Wildman–Crippen LogP) is 20.8. The van der Waals surface area contributed by atoms with Gasteiger partial charge in [-0.2, -0.15) is 25.8 Å². The molecule has 99 heavy (non-hydrogen) atoms. The maximum absolute atomic E-state index is 9.54. The van der Waals surface area contributed by atoms with Crippen LogP contribution in [0.5, 0.6) is 0 Å². The molecular weight excluding hydrogens is 1750 g/mol. The number of para-hydroxylation sites is 2. The van der Waals surface area contributed by atoms with E-state index in [0.717, 1.165) is 113 Å². The molecule has 0 amide bonds. The first kappa shape index (κ1) is 77.7. The zero-order valence-corrected chi connectivity index (χ0v) is 67.3. The number of aromatic nitrogens is 9. The van der Waals surface area contributed by atoms with Gasteiger partial charge in [0, 0.05) is 60.3 Å². The van der Waals surface area contributed by atoms with Crippen molar-refractivity contribution in [2.45, 2.75) is 155 Å². The first-order valence-corrected chi connectivity index (χ1v) is 33.2. The molecule has 9 aromatic carbocycles. The van der Waals surface area contributed by atoms with Crippen LogP contribution in [0, 0.1) is 117 Å².